The van der Waals surface area contributed by atoms with Crippen molar-refractivity contribution >= 4 is 23.4 Å². The minimum absolute atomic E-state index is 0.255. The molecule has 2 amide bonds. The molecule has 140 valence electrons. The average Bonchev–Trinajstić information content (AvgIpc) is 2.68. The second-order valence-corrected chi connectivity index (χ2v) is 6.39. The molecular formula is C21H23N3O3. The van der Waals surface area contributed by atoms with Crippen molar-refractivity contribution < 1.29 is 14.3 Å². The molecule has 3 rings (SSSR count). The van der Waals surface area contributed by atoms with Crippen LogP contribution in [0.3, 0.4) is 0 Å². The van der Waals surface area contributed by atoms with Gasteiger partial charge in [0.05, 0.1) is 23.9 Å². The van der Waals surface area contributed by atoms with E-state index in [0.29, 0.717) is 11.3 Å². The molecule has 0 spiro atoms. The Morgan fingerprint density at radius 1 is 1.07 bits per heavy atom. The number of anilines is 1. The van der Waals surface area contributed by atoms with Gasteiger partial charge in [0.15, 0.2) is 0 Å². The summed E-state index contributed by atoms with van der Waals surface area (Å²) in [7, 11) is 3.91. The second kappa shape index (κ2) is 7.95. The first-order chi connectivity index (χ1) is 13.0. The van der Waals surface area contributed by atoms with E-state index < -0.39 is 12.0 Å². The number of benzene rings is 2. The molecule has 2 aromatic rings. The van der Waals surface area contributed by atoms with Gasteiger partial charge in [-0.2, -0.15) is 0 Å². The zero-order valence-electron chi connectivity index (χ0n) is 15.7. The Morgan fingerprint density at radius 3 is 2.33 bits per heavy atom. The fourth-order valence-electron chi connectivity index (χ4n) is 3.04. The maximum Gasteiger partial charge on any atom is 0.338 e. The highest BCUT2D eigenvalue weighted by Gasteiger charge is 2.34. The van der Waals surface area contributed by atoms with Gasteiger partial charge in [-0.05, 0) is 30.2 Å². The quantitative estimate of drug-likeness (QED) is 0.799. The maximum absolute atomic E-state index is 12.8. The Balaban J connectivity index is 2.12. The summed E-state index contributed by atoms with van der Waals surface area (Å²) in [6.45, 7) is 2.01. The topological polar surface area (TPSA) is 70.7 Å². The van der Waals surface area contributed by atoms with Crippen LogP contribution in [0, 0.1) is 0 Å². The highest BCUT2D eigenvalue weighted by atomic mass is 16.5. The van der Waals surface area contributed by atoms with Crippen LogP contribution in [-0.4, -0.2) is 32.7 Å². The number of hydrogen-bond acceptors (Lipinski definition) is 4. The smallest absolute Gasteiger partial charge is 0.338 e. The molecule has 0 aromatic heterocycles. The fraction of sp³-hybridized carbons (Fsp3) is 0.238. The Morgan fingerprint density at radius 2 is 1.74 bits per heavy atom. The summed E-state index contributed by atoms with van der Waals surface area (Å²) >= 11 is 0. The summed E-state index contributed by atoms with van der Waals surface area (Å²) in [5.41, 5.74) is 3.46. The lowest BCUT2D eigenvalue weighted by Crippen LogP contribution is -2.45. The fourth-order valence-corrected chi connectivity index (χ4v) is 3.04. The van der Waals surface area contributed by atoms with E-state index in [1.807, 2.05) is 73.6 Å². The van der Waals surface area contributed by atoms with E-state index in [4.69, 9.17) is 4.74 Å². The normalized spacial score (nSPS) is 16.4. The van der Waals surface area contributed by atoms with Gasteiger partial charge < -0.3 is 20.3 Å². The highest BCUT2D eigenvalue weighted by molar-refractivity contribution is 6.04. The van der Waals surface area contributed by atoms with Gasteiger partial charge in [-0.25, -0.2) is 9.59 Å². The molecule has 1 aliphatic heterocycles. The number of hydrogen-bond donors (Lipinski definition) is 2. The van der Waals surface area contributed by atoms with Crippen molar-refractivity contribution in [3.05, 3.63) is 71.3 Å². The van der Waals surface area contributed by atoms with Crippen LogP contribution in [0.4, 0.5) is 10.5 Å². The first kappa shape index (κ1) is 18.5. The first-order valence-electron chi connectivity index (χ1n) is 8.82. The zero-order chi connectivity index (χ0) is 19.4. The van der Waals surface area contributed by atoms with Crippen LogP contribution < -0.4 is 15.5 Å². The standard InChI is InChI=1S/C21H23N3O3/c1-4-27-20(25)17-18(14-8-6-5-7-9-14)22-21(26)23-19(17)15-10-12-16(13-11-15)24(2)3/h5-13,19H,4H2,1-3H3,(H2,22,23,26)/t19-/m0/s1. The third-order valence-electron chi connectivity index (χ3n) is 4.37. The first-order valence-corrected chi connectivity index (χ1v) is 8.82. The van der Waals surface area contributed by atoms with Gasteiger partial charge in [-0.1, -0.05) is 42.5 Å². The second-order valence-electron chi connectivity index (χ2n) is 6.39. The van der Waals surface area contributed by atoms with Crippen molar-refractivity contribution in [3.63, 3.8) is 0 Å². The Bertz CT molecular complexity index is 858. The van der Waals surface area contributed by atoms with Crippen molar-refractivity contribution in [2.75, 3.05) is 25.6 Å². The van der Waals surface area contributed by atoms with Gasteiger partial charge >= 0.3 is 12.0 Å². The van der Waals surface area contributed by atoms with E-state index >= 15 is 0 Å². The maximum atomic E-state index is 12.8. The number of rotatable bonds is 5. The van der Waals surface area contributed by atoms with E-state index in [1.165, 1.54) is 0 Å². The van der Waals surface area contributed by atoms with Crippen molar-refractivity contribution in [3.8, 4) is 0 Å². The van der Waals surface area contributed by atoms with E-state index in [9.17, 15) is 9.59 Å². The van der Waals surface area contributed by atoms with Crippen LogP contribution in [-0.2, 0) is 9.53 Å². The number of ether oxygens (including phenoxy) is 1. The lowest BCUT2D eigenvalue weighted by Gasteiger charge is -2.29. The van der Waals surface area contributed by atoms with Crippen LogP contribution in [0.5, 0.6) is 0 Å². The predicted octanol–water partition coefficient (Wildman–Crippen LogP) is 3.08. The molecule has 0 saturated heterocycles. The molecule has 1 atom stereocenters. The summed E-state index contributed by atoms with van der Waals surface area (Å²) in [5.74, 6) is -0.453. The zero-order valence-corrected chi connectivity index (χ0v) is 15.7. The molecule has 0 fully saturated rings. The van der Waals surface area contributed by atoms with Crippen molar-refractivity contribution in [2.45, 2.75) is 13.0 Å². The van der Waals surface area contributed by atoms with E-state index in [1.54, 1.807) is 6.92 Å². The lowest BCUT2D eigenvalue weighted by molar-refractivity contribution is -0.138. The lowest BCUT2D eigenvalue weighted by atomic mass is 9.92. The SMILES string of the molecule is CCOC(=O)C1=C(c2ccccc2)NC(=O)N[C@H]1c1ccc(N(C)C)cc1. The molecule has 0 saturated carbocycles. The minimum Gasteiger partial charge on any atom is -0.463 e. The monoisotopic (exact) mass is 365 g/mol. The van der Waals surface area contributed by atoms with Crippen molar-refractivity contribution in [1.82, 2.24) is 10.6 Å². The van der Waals surface area contributed by atoms with Crippen LogP contribution in [0.1, 0.15) is 24.1 Å². The number of urea groups is 1. The van der Waals surface area contributed by atoms with Gasteiger partial charge in [0, 0.05) is 19.8 Å². The number of carbonyl (C=O) groups is 2. The van der Waals surface area contributed by atoms with Crippen LogP contribution >= 0.6 is 0 Å². The Hall–Kier alpha value is -3.28. The Kier molecular flexibility index (Phi) is 5.45. The number of esters is 1. The third-order valence-corrected chi connectivity index (χ3v) is 4.37. The molecule has 1 heterocycles. The molecule has 0 bridgehead atoms. The van der Waals surface area contributed by atoms with Crippen molar-refractivity contribution in [2.24, 2.45) is 0 Å². The third kappa shape index (κ3) is 3.95. The van der Waals surface area contributed by atoms with Gasteiger partial charge in [0.25, 0.3) is 0 Å². The summed E-state index contributed by atoms with van der Waals surface area (Å²) in [6.07, 6.45) is 0. The number of amides is 2. The molecular weight excluding hydrogens is 342 g/mol. The summed E-state index contributed by atoms with van der Waals surface area (Å²) in [4.78, 5) is 27.1. The summed E-state index contributed by atoms with van der Waals surface area (Å²) < 4.78 is 5.29. The number of nitrogens with one attached hydrogen (secondary N) is 2. The van der Waals surface area contributed by atoms with Crippen molar-refractivity contribution in [1.29, 1.82) is 0 Å². The van der Waals surface area contributed by atoms with Gasteiger partial charge in [0.2, 0.25) is 0 Å². The van der Waals surface area contributed by atoms with Gasteiger partial charge in [0.1, 0.15) is 0 Å². The highest BCUT2D eigenvalue weighted by Crippen LogP contribution is 2.32. The van der Waals surface area contributed by atoms with Crippen LogP contribution in [0.25, 0.3) is 5.70 Å². The molecule has 2 N–H and O–H groups in total. The minimum atomic E-state index is -0.593. The molecule has 6 nitrogen and oxygen atoms in total. The molecule has 1 aliphatic rings. The summed E-state index contributed by atoms with van der Waals surface area (Å²) in [5, 5.41) is 5.62. The molecule has 0 aliphatic carbocycles. The largest absolute Gasteiger partial charge is 0.463 e. The molecule has 27 heavy (non-hydrogen) atoms. The Labute approximate surface area is 158 Å². The average molecular weight is 365 g/mol. The molecule has 0 radical (unpaired) electrons. The van der Waals surface area contributed by atoms with E-state index in [2.05, 4.69) is 10.6 Å². The van der Waals surface area contributed by atoms with Crippen LogP contribution in [0.2, 0.25) is 0 Å². The summed E-state index contributed by atoms with van der Waals surface area (Å²) in [6, 6.07) is 16.1. The molecule has 6 heteroatoms. The number of nitrogens with zero attached hydrogens (tertiary/aromatic N) is 1. The van der Waals surface area contributed by atoms with Gasteiger partial charge in [-0.3, -0.25) is 0 Å². The predicted molar refractivity (Wildman–Crippen MR) is 105 cm³/mol. The molecule has 0 unspecified atom stereocenters. The van der Waals surface area contributed by atoms with Gasteiger partial charge in [-0.15, -0.1) is 0 Å². The molecule has 2 aromatic carbocycles. The van der Waals surface area contributed by atoms with E-state index in [-0.39, 0.29) is 12.6 Å². The van der Waals surface area contributed by atoms with Crippen LogP contribution in [0.15, 0.2) is 60.2 Å². The number of carbonyl (C=O) groups excluding carboxylic acids is 2. The van der Waals surface area contributed by atoms with E-state index in [0.717, 1.165) is 16.8 Å².